The van der Waals surface area contributed by atoms with E-state index in [1.165, 1.54) is 0 Å². The molecule has 1 N–H and O–H groups in total. The summed E-state index contributed by atoms with van der Waals surface area (Å²) in [5.74, 6) is 1.71. The van der Waals surface area contributed by atoms with Crippen molar-refractivity contribution < 1.29 is 19.0 Å². The van der Waals surface area contributed by atoms with Crippen molar-refractivity contribution in [3.8, 4) is 17.2 Å². The quantitative estimate of drug-likeness (QED) is 0.774. The number of hydrogen-bond acceptors (Lipinski definition) is 4. The summed E-state index contributed by atoms with van der Waals surface area (Å²) in [6, 6.07) is 12.5. The fourth-order valence-corrected chi connectivity index (χ4v) is 2.42. The first-order chi connectivity index (χ1) is 12.1. The van der Waals surface area contributed by atoms with E-state index in [9.17, 15) is 4.79 Å². The summed E-state index contributed by atoms with van der Waals surface area (Å²) in [7, 11) is 3.16. The molecule has 0 aliphatic rings. The summed E-state index contributed by atoms with van der Waals surface area (Å²) in [6.45, 7) is 2.27. The van der Waals surface area contributed by atoms with Gasteiger partial charge < -0.3 is 19.5 Å². The van der Waals surface area contributed by atoms with Crippen LogP contribution in [0.5, 0.6) is 17.2 Å². The molecule has 134 valence electrons. The molecule has 0 bridgehead atoms. The number of methoxy groups -OCH3 is 2. The van der Waals surface area contributed by atoms with Gasteiger partial charge in [0.15, 0.2) is 17.6 Å². The molecule has 0 aliphatic carbocycles. The largest absolute Gasteiger partial charge is 0.493 e. The number of carbonyl (C=O) groups is 1. The Morgan fingerprint density at radius 3 is 2.36 bits per heavy atom. The second-order valence-electron chi connectivity index (χ2n) is 5.38. The average molecular weight is 364 g/mol. The Kier molecular flexibility index (Phi) is 6.95. The van der Waals surface area contributed by atoms with Crippen molar-refractivity contribution in [1.82, 2.24) is 5.32 Å². The van der Waals surface area contributed by atoms with Gasteiger partial charge >= 0.3 is 0 Å². The number of amides is 1. The molecule has 0 aromatic heterocycles. The molecule has 1 amide bonds. The van der Waals surface area contributed by atoms with Crippen LogP contribution < -0.4 is 19.5 Å². The Labute approximate surface area is 152 Å². The van der Waals surface area contributed by atoms with Gasteiger partial charge in [-0.2, -0.15) is 0 Å². The van der Waals surface area contributed by atoms with Gasteiger partial charge in [-0.25, -0.2) is 0 Å². The normalized spacial score (nSPS) is 11.5. The predicted molar refractivity (Wildman–Crippen MR) is 97.6 cm³/mol. The number of ether oxygens (including phenoxy) is 3. The topological polar surface area (TPSA) is 56.8 Å². The van der Waals surface area contributed by atoms with Crippen LogP contribution in [0, 0.1) is 0 Å². The van der Waals surface area contributed by atoms with Crippen LogP contribution in [0.15, 0.2) is 42.5 Å². The molecule has 25 heavy (non-hydrogen) atoms. The highest BCUT2D eigenvalue weighted by atomic mass is 35.5. The Morgan fingerprint density at radius 2 is 1.76 bits per heavy atom. The Hall–Kier alpha value is -2.40. The highest BCUT2D eigenvalue weighted by molar-refractivity contribution is 6.30. The monoisotopic (exact) mass is 363 g/mol. The van der Waals surface area contributed by atoms with Gasteiger partial charge in [-0.1, -0.05) is 24.6 Å². The summed E-state index contributed by atoms with van der Waals surface area (Å²) < 4.78 is 16.2. The molecule has 2 aromatic rings. The molecule has 2 aromatic carbocycles. The maximum absolute atomic E-state index is 12.4. The molecule has 6 heteroatoms. The van der Waals surface area contributed by atoms with Gasteiger partial charge in [0.2, 0.25) is 0 Å². The van der Waals surface area contributed by atoms with Crippen LogP contribution in [0.1, 0.15) is 18.9 Å². The predicted octanol–water partition coefficient (Wildman–Crippen LogP) is 3.83. The lowest BCUT2D eigenvalue weighted by molar-refractivity contribution is -0.128. The van der Waals surface area contributed by atoms with Gasteiger partial charge in [0, 0.05) is 11.6 Å². The van der Waals surface area contributed by atoms with E-state index < -0.39 is 6.10 Å². The van der Waals surface area contributed by atoms with E-state index >= 15 is 0 Å². The summed E-state index contributed by atoms with van der Waals surface area (Å²) in [5, 5.41) is 3.51. The molecule has 0 fully saturated rings. The minimum absolute atomic E-state index is 0.174. The first-order valence-electron chi connectivity index (χ1n) is 7.98. The molecule has 0 radical (unpaired) electrons. The Morgan fingerprint density at radius 1 is 1.08 bits per heavy atom. The lowest BCUT2D eigenvalue weighted by Gasteiger charge is -2.17. The second kappa shape index (κ2) is 9.18. The van der Waals surface area contributed by atoms with Crippen molar-refractivity contribution in [3.63, 3.8) is 0 Å². The number of halogens is 1. The summed E-state index contributed by atoms with van der Waals surface area (Å²) in [6.07, 6.45) is -0.0123. The molecule has 0 spiro atoms. The van der Waals surface area contributed by atoms with E-state index in [2.05, 4.69) is 5.32 Å². The van der Waals surface area contributed by atoms with Gasteiger partial charge in [-0.05, 0) is 48.4 Å². The number of nitrogens with one attached hydrogen (secondary N) is 1. The van der Waals surface area contributed by atoms with E-state index in [-0.39, 0.29) is 5.91 Å². The third-order valence-corrected chi connectivity index (χ3v) is 3.92. The van der Waals surface area contributed by atoms with Crippen LogP contribution in [-0.4, -0.2) is 26.2 Å². The van der Waals surface area contributed by atoms with Crippen LogP contribution in [0.4, 0.5) is 0 Å². The maximum Gasteiger partial charge on any atom is 0.261 e. The smallest absolute Gasteiger partial charge is 0.261 e. The molecule has 5 nitrogen and oxygen atoms in total. The molecule has 0 saturated heterocycles. The van der Waals surface area contributed by atoms with Crippen molar-refractivity contribution >= 4 is 17.5 Å². The van der Waals surface area contributed by atoms with Gasteiger partial charge in [0.05, 0.1) is 14.2 Å². The third-order valence-electron chi connectivity index (χ3n) is 3.67. The van der Waals surface area contributed by atoms with E-state index in [0.29, 0.717) is 35.2 Å². The van der Waals surface area contributed by atoms with E-state index in [1.807, 2.05) is 25.1 Å². The highest BCUT2D eigenvalue weighted by Gasteiger charge is 2.18. The SMILES string of the molecule is CC[C@@H](Oc1ccc(Cl)cc1)C(=O)NCc1ccc(OC)c(OC)c1. The average Bonchev–Trinajstić information content (AvgIpc) is 2.65. The lowest BCUT2D eigenvalue weighted by atomic mass is 10.2. The number of carbonyl (C=O) groups excluding carboxylic acids is 1. The Bertz CT molecular complexity index is 703. The molecule has 0 unspecified atom stereocenters. The molecule has 0 aliphatic heterocycles. The van der Waals surface area contributed by atoms with Crippen LogP contribution in [0.25, 0.3) is 0 Å². The van der Waals surface area contributed by atoms with Crippen molar-refractivity contribution in [2.45, 2.75) is 26.0 Å². The molecule has 0 heterocycles. The van der Waals surface area contributed by atoms with Gasteiger partial charge in [-0.15, -0.1) is 0 Å². The van der Waals surface area contributed by atoms with Crippen molar-refractivity contribution in [1.29, 1.82) is 0 Å². The van der Waals surface area contributed by atoms with E-state index in [1.54, 1.807) is 38.5 Å². The first kappa shape index (κ1) is 18.9. The van der Waals surface area contributed by atoms with E-state index in [4.69, 9.17) is 25.8 Å². The van der Waals surface area contributed by atoms with Crippen LogP contribution >= 0.6 is 11.6 Å². The zero-order valence-corrected chi connectivity index (χ0v) is 15.3. The maximum atomic E-state index is 12.4. The number of rotatable bonds is 8. The van der Waals surface area contributed by atoms with E-state index in [0.717, 1.165) is 5.56 Å². The van der Waals surface area contributed by atoms with Crippen molar-refractivity contribution in [2.24, 2.45) is 0 Å². The van der Waals surface area contributed by atoms with Gasteiger partial charge in [0.25, 0.3) is 5.91 Å². The molecule has 0 saturated carbocycles. The zero-order valence-electron chi connectivity index (χ0n) is 14.5. The fourth-order valence-electron chi connectivity index (χ4n) is 2.29. The van der Waals surface area contributed by atoms with Crippen molar-refractivity contribution in [3.05, 3.63) is 53.1 Å². The minimum atomic E-state index is -0.568. The lowest BCUT2D eigenvalue weighted by Crippen LogP contribution is -2.37. The number of hydrogen-bond donors (Lipinski definition) is 1. The van der Waals surface area contributed by atoms with Gasteiger partial charge in [-0.3, -0.25) is 4.79 Å². The van der Waals surface area contributed by atoms with Crippen LogP contribution in [0.3, 0.4) is 0 Å². The van der Waals surface area contributed by atoms with Crippen LogP contribution in [-0.2, 0) is 11.3 Å². The summed E-state index contributed by atoms with van der Waals surface area (Å²) >= 11 is 5.85. The molecular formula is C19H22ClNO4. The second-order valence-corrected chi connectivity index (χ2v) is 5.81. The standard InChI is InChI=1S/C19H22ClNO4/c1-4-16(25-15-8-6-14(20)7-9-15)19(22)21-12-13-5-10-17(23-2)18(11-13)24-3/h5-11,16H,4,12H2,1-3H3,(H,21,22)/t16-/m1/s1. The molecular weight excluding hydrogens is 342 g/mol. The molecule has 1 atom stereocenters. The van der Waals surface area contributed by atoms with Crippen molar-refractivity contribution in [2.75, 3.05) is 14.2 Å². The van der Waals surface area contributed by atoms with Gasteiger partial charge in [0.1, 0.15) is 5.75 Å². The zero-order chi connectivity index (χ0) is 18.2. The summed E-state index contributed by atoms with van der Waals surface area (Å²) in [5.41, 5.74) is 0.910. The third kappa shape index (κ3) is 5.29. The Balaban J connectivity index is 1.96. The minimum Gasteiger partial charge on any atom is -0.493 e. The van der Waals surface area contributed by atoms with Crippen LogP contribution in [0.2, 0.25) is 5.02 Å². The highest BCUT2D eigenvalue weighted by Crippen LogP contribution is 2.27. The summed E-state index contributed by atoms with van der Waals surface area (Å²) in [4.78, 5) is 12.4. The fraction of sp³-hybridized carbons (Fsp3) is 0.316. The number of benzene rings is 2. The first-order valence-corrected chi connectivity index (χ1v) is 8.36. The molecule has 2 rings (SSSR count).